The van der Waals surface area contributed by atoms with Crippen molar-refractivity contribution in [1.82, 2.24) is 18.4 Å². The number of sulfonamides is 1. The fourth-order valence-electron chi connectivity index (χ4n) is 2.24. The second-order valence-corrected chi connectivity index (χ2v) is 7.04. The molecule has 1 aromatic carbocycles. The summed E-state index contributed by atoms with van der Waals surface area (Å²) >= 11 is 1.04. The van der Waals surface area contributed by atoms with E-state index in [-0.39, 0.29) is 10.9 Å². The first-order chi connectivity index (χ1) is 9.09. The molecule has 1 aliphatic rings. The molecule has 0 bridgehead atoms. The Kier molecular flexibility index (Phi) is 3.25. The third-order valence-corrected chi connectivity index (χ3v) is 5.64. The highest BCUT2D eigenvalue weighted by Crippen LogP contribution is 2.24. The minimum absolute atomic E-state index is 0.163. The van der Waals surface area contributed by atoms with Crippen molar-refractivity contribution in [3.8, 4) is 0 Å². The van der Waals surface area contributed by atoms with E-state index in [1.165, 1.54) is 4.31 Å². The molecular formula is C11H14N4O2S2. The minimum atomic E-state index is -3.49. The molecular weight excluding hydrogens is 284 g/mol. The number of fused-ring (bicyclic) bond motifs is 1. The van der Waals surface area contributed by atoms with Gasteiger partial charge in [-0.2, -0.15) is 13.1 Å². The molecule has 8 heteroatoms. The van der Waals surface area contributed by atoms with Gasteiger partial charge in [0.05, 0.1) is 11.7 Å². The highest BCUT2D eigenvalue weighted by molar-refractivity contribution is 7.89. The number of nitrogens with zero attached hydrogens (tertiary/aromatic N) is 3. The van der Waals surface area contributed by atoms with Gasteiger partial charge in [-0.05, 0) is 19.1 Å². The summed E-state index contributed by atoms with van der Waals surface area (Å²) in [6, 6.07) is 5.25. The lowest BCUT2D eigenvalue weighted by atomic mass is 10.3. The van der Waals surface area contributed by atoms with E-state index in [0.29, 0.717) is 30.7 Å². The Hall–Kier alpha value is -1.09. The molecule has 2 heterocycles. The molecule has 19 heavy (non-hydrogen) atoms. The number of hydrogen-bond donors (Lipinski definition) is 1. The average molecular weight is 298 g/mol. The lowest BCUT2D eigenvalue weighted by Gasteiger charge is -2.30. The molecule has 1 atom stereocenters. The van der Waals surface area contributed by atoms with Gasteiger partial charge in [-0.3, -0.25) is 0 Å². The molecule has 102 valence electrons. The maximum atomic E-state index is 12.7. The van der Waals surface area contributed by atoms with Gasteiger partial charge in [0, 0.05) is 25.7 Å². The molecule has 0 radical (unpaired) electrons. The Morgan fingerprint density at radius 1 is 1.42 bits per heavy atom. The van der Waals surface area contributed by atoms with Gasteiger partial charge in [0.2, 0.25) is 10.0 Å². The van der Waals surface area contributed by atoms with Crippen LogP contribution in [0.5, 0.6) is 0 Å². The monoisotopic (exact) mass is 298 g/mol. The van der Waals surface area contributed by atoms with Crippen molar-refractivity contribution in [1.29, 1.82) is 0 Å². The van der Waals surface area contributed by atoms with Crippen LogP contribution >= 0.6 is 11.7 Å². The fraction of sp³-hybridized carbons (Fsp3) is 0.455. The quantitative estimate of drug-likeness (QED) is 0.882. The molecule has 3 rings (SSSR count). The van der Waals surface area contributed by atoms with Gasteiger partial charge in [0.15, 0.2) is 0 Å². The minimum Gasteiger partial charge on any atom is -0.312 e. The zero-order valence-corrected chi connectivity index (χ0v) is 12.0. The summed E-state index contributed by atoms with van der Waals surface area (Å²) in [5, 5.41) is 3.24. The molecule has 2 aromatic rings. The van der Waals surface area contributed by atoms with Crippen LogP contribution in [0.1, 0.15) is 6.92 Å². The molecule has 1 aliphatic heterocycles. The Morgan fingerprint density at radius 3 is 3.05 bits per heavy atom. The molecule has 0 amide bonds. The number of piperazine rings is 1. The number of rotatable bonds is 2. The lowest BCUT2D eigenvalue weighted by molar-refractivity contribution is 0.310. The molecule has 1 N–H and O–H groups in total. The van der Waals surface area contributed by atoms with Crippen LogP contribution in [0.15, 0.2) is 23.1 Å². The first-order valence-corrected chi connectivity index (χ1v) is 8.21. The van der Waals surface area contributed by atoms with Gasteiger partial charge in [0.25, 0.3) is 0 Å². The molecule has 1 unspecified atom stereocenters. The van der Waals surface area contributed by atoms with Gasteiger partial charge >= 0.3 is 0 Å². The summed E-state index contributed by atoms with van der Waals surface area (Å²) in [5.74, 6) is 0. The van der Waals surface area contributed by atoms with E-state index >= 15 is 0 Å². The van der Waals surface area contributed by atoms with Crippen molar-refractivity contribution < 1.29 is 8.42 Å². The predicted octanol–water partition coefficient (Wildman–Crippen LogP) is 0.674. The van der Waals surface area contributed by atoms with E-state index in [9.17, 15) is 8.42 Å². The molecule has 1 saturated heterocycles. The Bertz CT molecular complexity index is 698. The summed E-state index contributed by atoms with van der Waals surface area (Å²) in [4.78, 5) is 0.257. The number of nitrogens with one attached hydrogen (secondary N) is 1. The van der Waals surface area contributed by atoms with Crippen LogP contribution < -0.4 is 5.32 Å². The topological polar surface area (TPSA) is 75.2 Å². The smallest absolute Gasteiger partial charge is 0.245 e. The van der Waals surface area contributed by atoms with Gasteiger partial charge in [-0.15, -0.1) is 0 Å². The van der Waals surface area contributed by atoms with Crippen molar-refractivity contribution in [2.24, 2.45) is 0 Å². The summed E-state index contributed by atoms with van der Waals surface area (Å²) in [5.41, 5.74) is 1.10. The van der Waals surface area contributed by atoms with Crippen LogP contribution in [0.4, 0.5) is 0 Å². The van der Waals surface area contributed by atoms with Crippen molar-refractivity contribution in [3.05, 3.63) is 18.2 Å². The molecule has 0 aliphatic carbocycles. The maximum absolute atomic E-state index is 12.7. The average Bonchev–Trinajstić information content (AvgIpc) is 2.86. The summed E-state index contributed by atoms with van der Waals surface area (Å²) in [6.07, 6.45) is 0. The summed E-state index contributed by atoms with van der Waals surface area (Å²) < 4.78 is 35.1. The lowest BCUT2D eigenvalue weighted by Crippen LogP contribution is -2.51. The third kappa shape index (κ3) is 2.25. The molecule has 6 nitrogen and oxygen atoms in total. The highest BCUT2D eigenvalue weighted by Gasteiger charge is 2.30. The normalized spacial score (nSPS) is 21.8. The van der Waals surface area contributed by atoms with Crippen LogP contribution in [0.3, 0.4) is 0 Å². The van der Waals surface area contributed by atoms with Crippen LogP contribution in [0, 0.1) is 0 Å². The second kappa shape index (κ2) is 4.78. The van der Waals surface area contributed by atoms with E-state index in [4.69, 9.17) is 0 Å². The third-order valence-electron chi connectivity index (χ3n) is 3.20. The first-order valence-electron chi connectivity index (χ1n) is 6.04. The van der Waals surface area contributed by atoms with Crippen LogP contribution in [-0.2, 0) is 10.0 Å². The first kappa shape index (κ1) is 12.9. The second-order valence-electron chi connectivity index (χ2n) is 4.61. The summed E-state index contributed by atoms with van der Waals surface area (Å²) in [7, 11) is -3.49. The van der Waals surface area contributed by atoms with Crippen molar-refractivity contribution in [2.75, 3.05) is 19.6 Å². The summed E-state index contributed by atoms with van der Waals surface area (Å²) in [6.45, 7) is 3.62. The standard InChI is InChI=1S/C11H14N4O2S2/c1-8-7-15(6-5-12-8)19(16,17)10-4-2-3-9-11(10)14-18-13-9/h2-4,8,12H,5-7H2,1H3. The molecule has 1 fully saturated rings. The molecule has 1 aromatic heterocycles. The van der Waals surface area contributed by atoms with E-state index in [1.807, 2.05) is 6.92 Å². The van der Waals surface area contributed by atoms with Crippen LogP contribution in [0.2, 0.25) is 0 Å². The zero-order valence-electron chi connectivity index (χ0n) is 10.4. The van der Waals surface area contributed by atoms with E-state index < -0.39 is 10.0 Å². The van der Waals surface area contributed by atoms with E-state index in [1.54, 1.807) is 18.2 Å². The molecule has 0 saturated carbocycles. The van der Waals surface area contributed by atoms with Gasteiger partial charge < -0.3 is 5.32 Å². The SMILES string of the molecule is CC1CN(S(=O)(=O)c2cccc3nsnc23)CCN1. The largest absolute Gasteiger partial charge is 0.312 e. The van der Waals surface area contributed by atoms with Gasteiger partial charge in [0.1, 0.15) is 15.9 Å². The predicted molar refractivity (Wildman–Crippen MR) is 73.6 cm³/mol. The van der Waals surface area contributed by atoms with Crippen molar-refractivity contribution in [3.63, 3.8) is 0 Å². The number of hydrogen-bond acceptors (Lipinski definition) is 6. The van der Waals surface area contributed by atoms with Crippen LogP contribution in [0.25, 0.3) is 11.0 Å². The van der Waals surface area contributed by atoms with E-state index in [2.05, 4.69) is 14.1 Å². The van der Waals surface area contributed by atoms with E-state index in [0.717, 1.165) is 11.7 Å². The number of aromatic nitrogens is 2. The number of benzene rings is 1. The van der Waals surface area contributed by atoms with Crippen LogP contribution in [-0.4, -0.2) is 47.1 Å². The fourth-order valence-corrected chi connectivity index (χ4v) is 4.53. The maximum Gasteiger partial charge on any atom is 0.245 e. The molecule has 0 spiro atoms. The Labute approximate surface area is 115 Å². The van der Waals surface area contributed by atoms with Gasteiger partial charge in [-0.1, -0.05) is 6.07 Å². The van der Waals surface area contributed by atoms with Crippen molar-refractivity contribution in [2.45, 2.75) is 17.9 Å². The Balaban J connectivity index is 2.06. The zero-order chi connectivity index (χ0) is 13.5. The van der Waals surface area contributed by atoms with Crippen molar-refractivity contribution >= 4 is 32.8 Å². The van der Waals surface area contributed by atoms with Gasteiger partial charge in [-0.25, -0.2) is 8.42 Å². The highest BCUT2D eigenvalue weighted by atomic mass is 32.2. The Morgan fingerprint density at radius 2 is 2.26 bits per heavy atom.